The van der Waals surface area contributed by atoms with Crippen molar-refractivity contribution in [2.45, 2.75) is 12.8 Å². The summed E-state index contributed by atoms with van der Waals surface area (Å²) in [6.45, 7) is 2.18. The lowest BCUT2D eigenvalue weighted by Crippen LogP contribution is -2.36. The van der Waals surface area contributed by atoms with E-state index < -0.39 is 0 Å². The lowest BCUT2D eigenvalue weighted by atomic mass is 10.2. The molecule has 2 rings (SSSR count). The molecule has 1 aromatic rings. The van der Waals surface area contributed by atoms with E-state index in [1.165, 1.54) is 13.5 Å². The molecule has 14 heavy (non-hydrogen) atoms. The van der Waals surface area contributed by atoms with Crippen LogP contribution < -0.4 is 4.90 Å². The first kappa shape index (κ1) is 9.45. The first-order valence-corrected chi connectivity index (χ1v) is 5.44. The van der Waals surface area contributed by atoms with Gasteiger partial charge in [-0.2, -0.15) is 0 Å². The number of rotatable bonds is 3. The van der Waals surface area contributed by atoms with E-state index >= 15 is 0 Å². The molecular formula is C9H12N2O2S. The number of carbonyl (C=O) groups excluding carboxylic acids is 1. The van der Waals surface area contributed by atoms with Crippen LogP contribution in [-0.2, 0) is 16.0 Å². The molecule has 76 valence electrons. The van der Waals surface area contributed by atoms with Crippen molar-refractivity contribution in [1.29, 1.82) is 0 Å². The SMILES string of the molecule is COC(=O)Cc1csc(N2CCC2)n1. The standard InChI is InChI=1S/C9H12N2O2S/c1-13-8(12)5-7-6-14-9(10-7)11-3-2-4-11/h6H,2-5H2,1H3. The van der Waals surface area contributed by atoms with Gasteiger partial charge in [0, 0.05) is 18.5 Å². The van der Waals surface area contributed by atoms with Crippen LogP contribution in [0, 0.1) is 0 Å². The highest BCUT2D eigenvalue weighted by atomic mass is 32.1. The molecule has 1 aliphatic heterocycles. The molecule has 0 aliphatic carbocycles. The highest BCUT2D eigenvalue weighted by Crippen LogP contribution is 2.24. The summed E-state index contributed by atoms with van der Waals surface area (Å²) < 4.78 is 4.58. The molecule has 0 atom stereocenters. The van der Waals surface area contributed by atoms with Gasteiger partial charge >= 0.3 is 5.97 Å². The Bertz CT molecular complexity index is 333. The summed E-state index contributed by atoms with van der Waals surface area (Å²) in [6.07, 6.45) is 1.52. The van der Waals surface area contributed by atoms with Crippen LogP contribution in [-0.4, -0.2) is 31.2 Å². The van der Waals surface area contributed by atoms with Crippen molar-refractivity contribution >= 4 is 22.4 Å². The number of hydrogen-bond acceptors (Lipinski definition) is 5. The van der Waals surface area contributed by atoms with Crippen molar-refractivity contribution in [2.24, 2.45) is 0 Å². The quantitative estimate of drug-likeness (QED) is 0.703. The van der Waals surface area contributed by atoms with E-state index in [0.29, 0.717) is 0 Å². The fraction of sp³-hybridized carbons (Fsp3) is 0.556. The van der Waals surface area contributed by atoms with E-state index in [1.54, 1.807) is 11.3 Å². The molecule has 0 unspecified atom stereocenters. The molecule has 0 aromatic carbocycles. The van der Waals surface area contributed by atoms with Crippen molar-refractivity contribution in [3.63, 3.8) is 0 Å². The van der Waals surface area contributed by atoms with E-state index in [9.17, 15) is 4.79 Å². The molecule has 0 saturated carbocycles. The van der Waals surface area contributed by atoms with E-state index in [1.807, 2.05) is 5.38 Å². The molecule has 5 heteroatoms. The number of methoxy groups -OCH3 is 1. The van der Waals surface area contributed by atoms with Crippen molar-refractivity contribution in [2.75, 3.05) is 25.1 Å². The maximum absolute atomic E-state index is 11.0. The summed E-state index contributed by atoms with van der Waals surface area (Å²) in [6, 6.07) is 0. The Kier molecular flexibility index (Phi) is 2.67. The van der Waals surface area contributed by atoms with Crippen molar-refractivity contribution in [3.8, 4) is 0 Å². The van der Waals surface area contributed by atoms with Gasteiger partial charge in [-0.05, 0) is 6.42 Å². The fourth-order valence-corrected chi connectivity index (χ4v) is 2.13. The highest BCUT2D eigenvalue weighted by Gasteiger charge is 2.18. The Balaban J connectivity index is 1.98. The molecule has 0 N–H and O–H groups in total. The van der Waals surface area contributed by atoms with Crippen LogP contribution in [0.15, 0.2) is 5.38 Å². The van der Waals surface area contributed by atoms with Crippen LogP contribution in [0.1, 0.15) is 12.1 Å². The molecule has 4 nitrogen and oxygen atoms in total. The van der Waals surface area contributed by atoms with Crippen molar-refractivity contribution < 1.29 is 9.53 Å². The summed E-state index contributed by atoms with van der Waals surface area (Å²) in [4.78, 5) is 17.6. The Morgan fingerprint density at radius 1 is 1.71 bits per heavy atom. The van der Waals surface area contributed by atoms with Crippen LogP contribution in [0.2, 0.25) is 0 Å². The third-order valence-electron chi connectivity index (χ3n) is 2.22. The van der Waals surface area contributed by atoms with Gasteiger partial charge < -0.3 is 9.64 Å². The zero-order valence-corrected chi connectivity index (χ0v) is 8.84. The first-order valence-electron chi connectivity index (χ1n) is 4.56. The summed E-state index contributed by atoms with van der Waals surface area (Å²) >= 11 is 1.59. The predicted octanol–water partition coefficient (Wildman–Crippen LogP) is 1.07. The van der Waals surface area contributed by atoms with Gasteiger partial charge in [0.25, 0.3) is 0 Å². The zero-order valence-electron chi connectivity index (χ0n) is 8.02. The molecule has 1 aromatic heterocycles. The van der Waals surface area contributed by atoms with Gasteiger partial charge in [0.2, 0.25) is 0 Å². The Morgan fingerprint density at radius 2 is 2.50 bits per heavy atom. The number of esters is 1. The third-order valence-corrected chi connectivity index (χ3v) is 3.17. The van der Waals surface area contributed by atoms with Gasteiger partial charge in [0.15, 0.2) is 5.13 Å². The first-order chi connectivity index (χ1) is 6.79. The number of hydrogen-bond donors (Lipinski definition) is 0. The van der Waals surface area contributed by atoms with Crippen LogP contribution in [0.4, 0.5) is 5.13 Å². The van der Waals surface area contributed by atoms with Gasteiger partial charge in [-0.15, -0.1) is 11.3 Å². The lowest BCUT2D eigenvalue weighted by Gasteiger charge is -2.30. The fourth-order valence-electron chi connectivity index (χ4n) is 1.25. The van der Waals surface area contributed by atoms with Crippen molar-refractivity contribution in [3.05, 3.63) is 11.1 Å². The maximum atomic E-state index is 11.0. The topological polar surface area (TPSA) is 42.4 Å². The number of ether oxygens (including phenoxy) is 1. The lowest BCUT2D eigenvalue weighted by molar-refractivity contribution is -0.139. The summed E-state index contributed by atoms with van der Waals surface area (Å²) in [5.41, 5.74) is 0.809. The van der Waals surface area contributed by atoms with E-state index in [4.69, 9.17) is 0 Å². The Morgan fingerprint density at radius 3 is 3.07 bits per heavy atom. The average Bonchev–Trinajstić information content (AvgIpc) is 2.50. The second-order valence-corrected chi connectivity index (χ2v) is 4.05. The Hall–Kier alpha value is -1.10. The molecule has 1 fully saturated rings. The highest BCUT2D eigenvalue weighted by molar-refractivity contribution is 7.13. The van der Waals surface area contributed by atoms with Crippen LogP contribution in [0.25, 0.3) is 0 Å². The van der Waals surface area contributed by atoms with E-state index in [2.05, 4.69) is 14.6 Å². The zero-order chi connectivity index (χ0) is 9.97. The summed E-state index contributed by atoms with van der Waals surface area (Å²) in [5, 5.41) is 2.94. The van der Waals surface area contributed by atoms with E-state index in [-0.39, 0.29) is 12.4 Å². The van der Waals surface area contributed by atoms with E-state index in [0.717, 1.165) is 23.9 Å². The minimum atomic E-state index is -0.231. The Labute approximate surface area is 86.5 Å². The monoisotopic (exact) mass is 212 g/mol. The molecule has 0 spiro atoms. The average molecular weight is 212 g/mol. The second-order valence-electron chi connectivity index (χ2n) is 3.21. The number of nitrogens with zero attached hydrogens (tertiary/aromatic N) is 2. The number of anilines is 1. The molecular weight excluding hydrogens is 200 g/mol. The number of aromatic nitrogens is 1. The second kappa shape index (κ2) is 3.96. The number of carbonyl (C=O) groups is 1. The van der Waals surface area contributed by atoms with Crippen LogP contribution >= 0.6 is 11.3 Å². The summed E-state index contributed by atoms with van der Waals surface area (Å²) in [7, 11) is 1.39. The molecule has 1 aliphatic rings. The number of thiazole rings is 1. The normalized spacial score (nSPS) is 15.1. The van der Waals surface area contributed by atoms with Crippen LogP contribution in [0.3, 0.4) is 0 Å². The summed E-state index contributed by atoms with van der Waals surface area (Å²) in [5.74, 6) is -0.231. The molecule has 0 radical (unpaired) electrons. The van der Waals surface area contributed by atoms with Gasteiger partial charge in [-0.25, -0.2) is 4.98 Å². The van der Waals surface area contributed by atoms with Gasteiger partial charge in [-0.1, -0.05) is 0 Å². The minimum Gasteiger partial charge on any atom is -0.469 e. The third kappa shape index (κ3) is 1.87. The molecule has 2 heterocycles. The smallest absolute Gasteiger partial charge is 0.311 e. The van der Waals surface area contributed by atoms with Gasteiger partial charge in [-0.3, -0.25) is 4.79 Å². The predicted molar refractivity (Wildman–Crippen MR) is 54.7 cm³/mol. The molecule has 0 bridgehead atoms. The minimum absolute atomic E-state index is 0.231. The van der Waals surface area contributed by atoms with Crippen molar-refractivity contribution in [1.82, 2.24) is 4.98 Å². The van der Waals surface area contributed by atoms with Crippen LogP contribution in [0.5, 0.6) is 0 Å². The van der Waals surface area contributed by atoms with Gasteiger partial charge in [0.1, 0.15) is 0 Å². The largest absolute Gasteiger partial charge is 0.469 e. The molecule has 0 amide bonds. The van der Waals surface area contributed by atoms with Gasteiger partial charge in [0.05, 0.1) is 19.2 Å². The molecule has 1 saturated heterocycles. The maximum Gasteiger partial charge on any atom is 0.311 e.